The van der Waals surface area contributed by atoms with Gasteiger partial charge in [-0.1, -0.05) is 18.2 Å². The van der Waals surface area contributed by atoms with Gasteiger partial charge in [0.1, 0.15) is 28.2 Å². The molecule has 36 heavy (non-hydrogen) atoms. The lowest BCUT2D eigenvalue weighted by molar-refractivity contribution is -0.135. The number of ether oxygens (including phenoxy) is 1. The Morgan fingerprint density at radius 3 is 2.47 bits per heavy atom. The van der Waals surface area contributed by atoms with Gasteiger partial charge in [0, 0.05) is 40.3 Å². The number of H-pyrrole nitrogens is 1. The Kier molecular flexibility index (Phi) is 4.62. The van der Waals surface area contributed by atoms with Crippen molar-refractivity contribution in [3.63, 3.8) is 0 Å². The minimum Gasteiger partial charge on any atom is -0.507 e. The number of hydrogen-bond donors (Lipinski definition) is 4. The summed E-state index contributed by atoms with van der Waals surface area (Å²) in [5.41, 5.74) is 0.407. The van der Waals surface area contributed by atoms with Gasteiger partial charge in [0.2, 0.25) is 0 Å². The fraction of sp³-hybridized carbons (Fsp3) is 0.0741. The first-order chi connectivity index (χ1) is 17.3. The van der Waals surface area contributed by atoms with Crippen LogP contribution in [0, 0.1) is 0 Å². The zero-order chi connectivity index (χ0) is 25.1. The van der Waals surface area contributed by atoms with Crippen molar-refractivity contribution in [3.8, 4) is 34.3 Å². The Hall–Kier alpha value is -5.05. The van der Waals surface area contributed by atoms with Crippen LogP contribution in [0.4, 0.5) is 0 Å². The number of benzene rings is 3. The maximum atomic E-state index is 13.1. The number of pyridine rings is 1. The smallest absolute Gasteiger partial charge is 0.312 e. The third-order valence-electron chi connectivity index (χ3n) is 6.34. The second-order valence-corrected chi connectivity index (χ2v) is 8.56. The van der Waals surface area contributed by atoms with Crippen LogP contribution in [0.3, 0.4) is 0 Å². The SMILES string of the molecule is O=C1C[C@@H](c2cc3ccccc3[nH]c2=O)c2c(cc(O)c3c(=O)cc(-c4ccc(O)c(O)c4)oc23)O1. The summed E-state index contributed by atoms with van der Waals surface area (Å²) >= 11 is 0. The molecule has 4 N–H and O–H groups in total. The van der Waals surface area contributed by atoms with Crippen LogP contribution in [-0.2, 0) is 4.79 Å². The monoisotopic (exact) mass is 483 g/mol. The lowest BCUT2D eigenvalue weighted by Gasteiger charge is -2.25. The van der Waals surface area contributed by atoms with Gasteiger partial charge in [-0.05, 0) is 35.7 Å². The standard InChI is InChI=1S/C27H17NO8/c29-17-6-5-13(8-18(17)30)21-10-19(31)25-20(32)11-22-24(26(25)36-21)14(9-23(33)35-22)15-7-12-3-1-2-4-16(12)28-27(15)34/h1-8,10-11,14,29-30,32H,9H2,(H,28,34)/t14-/m0/s1. The number of aromatic nitrogens is 1. The van der Waals surface area contributed by atoms with Gasteiger partial charge in [-0.15, -0.1) is 0 Å². The predicted molar refractivity (Wildman–Crippen MR) is 130 cm³/mol. The Labute approximate surface area is 201 Å². The van der Waals surface area contributed by atoms with Crippen molar-refractivity contribution in [1.29, 1.82) is 0 Å². The van der Waals surface area contributed by atoms with Crippen molar-refractivity contribution in [3.05, 3.63) is 92.4 Å². The van der Waals surface area contributed by atoms with Crippen LogP contribution in [0.25, 0.3) is 33.2 Å². The summed E-state index contributed by atoms with van der Waals surface area (Å²) in [5.74, 6) is -2.63. The number of esters is 1. The van der Waals surface area contributed by atoms with Crippen molar-refractivity contribution in [2.24, 2.45) is 0 Å². The number of carbonyl (C=O) groups excluding carboxylic acids is 1. The molecule has 9 heteroatoms. The first-order valence-corrected chi connectivity index (χ1v) is 11.0. The molecule has 9 nitrogen and oxygen atoms in total. The van der Waals surface area contributed by atoms with Gasteiger partial charge in [0.05, 0.1) is 6.42 Å². The molecule has 0 unspecified atom stereocenters. The molecule has 1 aliphatic heterocycles. The van der Waals surface area contributed by atoms with Gasteiger partial charge < -0.3 is 29.5 Å². The molecule has 0 aliphatic carbocycles. The summed E-state index contributed by atoms with van der Waals surface area (Å²) in [6, 6.07) is 15.1. The molecule has 0 spiro atoms. The minimum absolute atomic E-state index is 0.0253. The average Bonchev–Trinajstić information content (AvgIpc) is 2.84. The Morgan fingerprint density at radius 1 is 0.861 bits per heavy atom. The third kappa shape index (κ3) is 3.29. The number of fused-ring (bicyclic) bond motifs is 4. The summed E-state index contributed by atoms with van der Waals surface area (Å²) in [6.07, 6.45) is -0.192. The van der Waals surface area contributed by atoms with Crippen LogP contribution in [-0.4, -0.2) is 26.3 Å². The van der Waals surface area contributed by atoms with Crippen LogP contribution in [0.1, 0.15) is 23.5 Å². The van der Waals surface area contributed by atoms with E-state index in [0.717, 1.165) is 11.5 Å². The third-order valence-corrected chi connectivity index (χ3v) is 6.34. The quantitative estimate of drug-likeness (QED) is 0.168. The number of hydrogen-bond acceptors (Lipinski definition) is 8. The first-order valence-electron chi connectivity index (χ1n) is 11.0. The molecule has 178 valence electrons. The van der Waals surface area contributed by atoms with Gasteiger partial charge in [-0.2, -0.15) is 0 Å². The molecule has 0 bridgehead atoms. The van der Waals surface area contributed by atoms with Crippen molar-refractivity contribution in [1.82, 2.24) is 4.98 Å². The highest BCUT2D eigenvalue weighted by Gasteiger charge is 2.35. The highest BCUT2D eigenvalue weighted by atomic mass is 16.5. The zero-order valence-electron chi connectivity index (χ0n) is 18.4. The predicted octanol–water partition coefficient (Wildman–Crippen LogP) is 3.86. The van der Waals surface area contributed by atoms with Crippen LogP contribution < -0.4 is 15.7 Å². The molecule has 3 heterocycles. The number of rotatable bonds is 2. The minimum atomic E-state index is -0.829. The second-order valence-electron chi connectivity index (χ2n) is 8.56. The summed E-state index contributed by atoms with van der Waals surface area (Å²) in [5, 5.41) is 30.8. The summed E-state index contributed by atoms with van der Waals surface area (Å²) in [7, 11) is 0. The molecule has 0 saturated carbocycles. The second kappa shape index (κ2) is 7.74. The summed E-state index contributed by atoms with van der Waals surface area (Å²) in [4.78, 5) is 41.5. The van der Waals surface area contributed by atoms with E-state index in [1.54, 1.807) is 18.2 Å². The molecule has 0 amide bonds. The number of aromatic amines is 1. The zero-order valence-corrected chi connectivity index (χ0v) is 18.4. The van der Waals surface area contributed by atoms with E-state index in [4.69, 9.17) is 9.15 Å². The molecule has 0 radical (unpaired) electrons. The van der Waals surface area contributed by atoms with E-state index in [-0.39, 0.29) is 51.3 Å². The molecule has 1 atom stereocenters. The van der Waals surface area contributed by atoms with Gasteiger partial charge in [0.15, 0.2) is 16.9 Å². The number of para-hydroxylation sites is 1. The normalized spacial score (nSPS) is 15.1. The van der Waals surface area contributed by atoms with Crippen LogP contribution >= 0.6 is 0 Å². The fourth-order valence-corrected chi connectivity index (χ4v) is 4.67. The highest BCUT2D eigenvalue weighted by molar-refractivity contribution is 5.93. The molecular weight excluding hydrogens is 466 g/mol. The van der Waals surface area contributed by atoms with Gasteiger partial charge >= 0.3 is 5.97 Å². The number of phenolic OH excluding ortho intramolecular Hbond substituents is 3. The Morgan fingerprint density at radius 2 is 1.67 bits per heavy atom. The maximum absolute atomic E-state index is 13.1. The van der Waals surface area contributed by atoms with E-state index >= 15 is 0 Å². The highest BCUT2D eigenvalue weighted by Crippen LogP contribution is 2.45. The van der Waals surface area contributed by atoms with E-state index < -0.39 is 34.4 Å². The summed E-state index contributed by atoms with van der Waals surface area (Å²) < 4.78 is 11.4. The number of aromatic hydroxyl groups is 3. The number of phenols is 3. The van der Waals surface area contributed by atoms with Crippen molar-refractivity contribution < 1.29 is 29.3 Å². The van der Waals surface area contributed by atoms with Crippen molar-refractivity contribution in [2.45, 2.75) is 12.3 Å². The van der Waals surface area contributed by atoms with Gasteiger partial charge in [-0.3, -0.25) is 14.4 Å². The molecule has 1 aliphatic rings. The average molecular weight is 483 g/mol. The van der Waals surface area contributed by atoms with Crippen molar-refractivity contribution >= 4 is 27.8 Å². The molecular formula is C27H17NO8. The van der Waals surface area contributed by atoms with E-state index in [9.17, 15) is 29.7 Å². The topological polar surface area (TPSA) is 150 Å². The van der Waals surface area contributed by atoms with E-state index in [1.807, 2.05) is 12.1 Å². The largest absolute Gasteiger partial charge is 0.507 e. The molecule has 5 aromatic rings. The summed E-state index contributed by atoms with van der Waals surface area (Å²) in [6.45, 7) is 0. The number of carbonyl (C=O) groups is 1. The van der Waals surface area contributed by atoms with Crippen LogP contribution in [0.5, 0.6) is 23.0 Å². The van der Waals surface area contributed by atoms with E-state index in [2.05, 4.69) is 4.98 Å². The first kappa shape index (κ1) is 21.5. The molecule has 6 rings (SSSR count). The van der Waals surface area contributed by atoms with E-state index in [1.165, 1.54) is 24.3 Å². The van der Waals surface area contributed by atoms with Gasteiger partial charge in [-0.25, -0.2) is 0 Å². The van der Waals surface area contributed by atoms with Gasteiger partial charge in [0.25, 0.3) is 5.56 Å². The molecule has 3 aromatic carbocycles. The molecule has 0 fully saturated rings. The van der Waals surface area contributed by atoms with E-state index in [0.29, 0.717) is 5.52 Å². The Balaban J connectivity index is 1.66. The lowest BCUT2D eigenvalue weighted by Crippen LogP contribution is -2.26. The van der Waals surface area contributed by atoms with Crippen LogP contribution in [0.2, 0.25) is 0 Å². The van der Waals surface area contributed by atoms with Crippen molar-refractivity contribution in [2.75, 3.05) is 0 Å². The Bertz CT molecular complexity index is 1850. The van der Waals surface area contributed by atoms with Crippen LogP contribution in [0.15, 0.2) is 74.7 Å². The number of nitrogens with one attached hydrogen (secondary N) is 1. The lowest BCUT2D eigenvalue weighted by atomic mass is 9.85. The molecule has 0 saturated heterocycles. The molecule has 2 aromatic heterocycles. The fourth-order valence-electron chi connectivity index (χ4n) is 4.67. The maximum Gasteiger partial charge on any atom is 0.312 e.